The number of fused-ring (bicyclic) bond motifs is 1. The van der Waals surface area contributed by atoms with Crippen molar-refractivity contribution in [2.24, 2.45) is 0 Å². The summed E-state index contributed by atoms with van der Waals surface area (Å²) in [5.41, 5.74) is 8.01. The van der Waals surface area contributed by atoms with Crippen molar-refractivity contribution in [3.8, 4) is 0 Å². The molecule has 2 atom stereocenters. The lowest BCUT2D eigenvalue weighted by Gasteiger charge is -2.31. The number of nitrogens with one attached hydrogen (secondary N) is 1. The van der Waals surface area contributed by atoms with Crippen LogP contribution in [-0.2, 0) is 15.5 Å². The van der Waals surface area contributed by atoms with Gasteiger partial charge in [-0.05, 0) is 24.7 Å². The molecule has 21 heavy (non-hydrogen) atoms. The maximum Gasteiger partial charge on any atom is 0.197 e. The molecule has 2 heterocycles. The van der Waals surface area contributed by atoms with Crippen molar-refractivity contribution in [2.75, 3.05) is 37.7 Å². The molecule has 2 aromatic rings. The average molecular weight is 308 g/mol. The number of likely N-dealkylation sites (N-methyl/N-ethyl adjacent to an activating group) is 1. The third-order valence-corrected chi connectivity index (χ3v) is 5.01. The Morgan fingerprint density at radius 2 is 2.43 bits per heavy atom. The molecular formula is C14H20N4O2S. The standard InChI is InChI=1S/C14H20N4O2S/c1-2-18-5-6-20-11(8-18)9-21(19)14-16-12-4-3-10(15)7-13(12)17-14/h3-4,7,11H,2,5-6,8-9,15H2,1H3,(H,16,17). The molecule has 0 radical (unpaired) electrons. The molecule has 6 nitrogen and oxygen atoms in total. The molecule has 114 valence electrons. The van der Waals surface area contributed by atoms with Gasteiger partial charge >= 0.3 is 0 Å². The van der Waals surface area contributed by atoms with Crippen molar-refractivity contribution in [3.63, 3.8) is 0 Å². The summed E-state index contributed by atoms with van der Waals surface area (Å²) in [6.45, 7) is 5.60. The fraction of sp³-hybridized carbons (Fsp3) is 0.500. The topological polar surface area (TPSA) is 84.2 Å². The van der Waals surface area contributed by atoms with Crippen LogP contribution in [0.15, 0.2) is 23.4 Å². The minimum Gasteiger partial charge on any atom is -0.399 e. The largest absolute Gasteiger partial charge is 0.399 e. The lowest BCUT2D eigenvalue weighted by molar-refractivity contribution is -0.0141. The summed E-state index contributed by atoms with van der Waals surface area (Å²) in [5, 5.41) is 0.493. The van der Waals surface area contributed by atoms with Crippen molar-refractivity contribution in [3.05, 3.63) is 18.2 Å². The maximum atomic E-state index is 12.5. The van der Waals surface area contributed by atoms with Gasteiger partial charge in [-0.2, -0.15) is 0 Å². The number of nitrogen functional groups attached to an aromatic ring is 1. The Morgan fingerprint density at radius 1 is 1.57 bits per heavy atom. The lowest BCUT2D eigenvalue weighted by atomic mass is 10.3. The Morgan fingerprint density at radius 3 is 3.24 bits per heavy atom. The number of hydrogen-bond acceptors (Lipinski definition) is 5. The monoisotopic (exact) mass is 308 g/mol. The molecule has 0 amide bonds. The molecule has 1 fully saturated rings. The van der Waals surface area contributed by atoms with Crippen LogP contribution >= 0.6 is 0 Å². The predicted molar refractivity (Wildman–Crippen MR) is 83.6 cm³/mol. The van der Waals surface area contributed by atoms with Gasteiger partial charge < -0.3 is 15.5 Å². The van der Waals surface area contributed by atoms with Crippen molar-refractivity contribution in [2.45, 2.75) is 18.2 Å². The van der Waals surface area contributed by atoms with Gasteiger partial charge in [0.25, 0.3) is 0 Å². The smallest absolute Gasteiger partial charge is 0.197 e. The van der Waals surface area contributed by atoms with E-state index in [0.717, 1.165) is 30.7 Å². The quantitative estimate of drug-likeness (QED) is 0.822. The van der Waals surface area contributed by atoms with Gasteiger partial charge in [-0.25, -0.2) is 4.98 Å². The molecule has 0 saturated carbocycles. The van der Waals surface area contributed by atoms with Crippen LogP contribution in [0.5, 0.6) is 0 Å². The van der Waals surface area contributed by atoms with Crippen molar-refractivity contribution in [1.82, 2.24) is 14.9 Å². The van der Waals surface area contributed by atoms with Crippen molar-refractivity contribution < 1.29 is 8.95 Å². The molecule has 2 unspecified atom stereocenters. The Hall–Kier alpha value is -1.44. The SMILES string of the molecule is CCN1CCOC(CS(=O)c2nc3ccc(N)cc3[nH]2)C1. The number of aromatic amines is 1. The number of hydrogen-bond donors (Lipinski definition) is 2. The molecule has 7 heteroatoms. The Kier molecular flexibility index (Phi) is 4.23. The number of morpholine rings is 1. The molecule has 0 bridgehead atoms. The molecule has 3 rings (SSSR count). The fourth-order valence-corrected chi connectivity index (χ4v) is 3.65. The van der Waals surface area contributed by atoms with Crippen LogP contribution in [0.3, 0.4) is 0 Å². The zero-order valence-electron chi connectivity index (χ0n) is 12.0. The van der Waals surface area contributed by atoms with E-state index in [1.54, 1.807) is 12.1 Å². The van der Waals surface area contributed by atoms with E-state index in [2.05, 4.69) is 21.8 Å². The third-order valence-electron chi connectivity index (χ3n) is 3.71. The highest BCUT2D eigenvalue weighted by Gasteiger charge is 2.23. The first-order valence-electron chi connectivity index (χ1n) is 7.13. The summed E-state index contributed by atoms with van der Waals surface area (Å²) in [6.07, 6.45) is -0.00202. The highest BCUT2D eigenvalue weighted by atomic mass is 32.2. The maximum absolute atomic E-state index is 12.5. The third kappa shape index (κ3) is 3.25. The summed E-state index contributed by atoms with van der Waals surface area (Å²) in [7, 11) is -1.20. The van der Waals surface area contributed by atoms with Crippen LogP contribution in [0.4, 0.5) is 5.69 Å². The molecule has 1 aliphatic rings. The molecular weight excluding hydrogens is 288 g/mol. The number of anilines is 1. The molecule has 1 saturated heterocycles. The van der Waals surface area contributed by atoms with E-state index < -0.39 is 10.8 Å². The number of ether oxygens (including phenoxy) is 1. The van der Waals surface area contributed by atoms with Gasteiger partial charge in [-0.3, -0.25) is 9.11 Å². The highest BCUT2D eigenvalue weighted by Crippen LogP contribution is 2.17. The Labute approximate surface area is 126 Å². The second kappa shape index (κ2) is 6.13. The summed E-state index contributed by atoms with van der Waals surface area (Å²) in [5.74, 6) is 0.464. The van der Waals surface area contributed by atoms with Crippen LogP contribution in [-0.4, -0.2) is 57.2 Å². The summed E-state index contributed by atoms with van der Waals surface area (Å²) in [6, 6.07) is 5.43. The van der Waals surface area contributed by atoms with E-state index in [9.17, 15) is 4.21 Å². The Bertz CT molecular complexity index is 657. The number of nitrogens with two attached hydrogens (primary N) is 1. The number of nitrogens with zero attached hydrogens (tertiary/aromatic N) is 2. The van der Waals surface area contributed by atoms with Gasteiger partial charge in [-0.15, -0.1) is 0 Å². The highest BCUT2D eigenvalue weighted by molar-refractivity contribution is 7.84. The zero-order valence-corrected chi connectivity index (χ0v) is 12.9. The molecule has 3 N–H and O–H groups in total. The number of benzene rings is 1. The van der Waals surface area contributed by atoms with E-state index in [4.69, 9.17) is 10.5 Å². The number of imidazole rings is 1. The first-order chi connectivity index (χ1) is 10.2. The first kappa shape index (κ1) is 14.5. The van der Waals surface area contributed by atoms with Gasteiger partial charge in [0.05, 0.1) is 40.3 Å². The lowest BCUT2D eigenvalue weighted by Crippen LogP contribution is -2.44. The van der Waals surface area contributed by atoms with E-state index in [1.165, 1.54) is 0 Å². The second-order valence-electron chi connectivity index (χ2n) is 5.22. The van der Waals surface area contributed by atoms with E-state index in [0.29, 0.717) is 23.2 Å². The summed E-state index contributed by atoms with van der Waals surface area (Å²) >= 11 is 0. The van der Waals surface area contributed by atoms with Gasteiger partial charge in [-0.1, -0.05) is 6.92 Å². The Balaban J connectivity index is 1.71. The summed E-state index contributed by atoms with van der Waals surface area (Å²) < 4.78 is 18.1. The summed E-state index contributed by atoms with van der Waals surface area (Å²) in [4.78, 5) is 9.78. The van der Waals surface area contributed by atoms with Gasteiger partial charge in [0, 0.05) is 18.8 Å². The first-order valence-corrected chi connectivity index (χ1v) is 8.45. The van der Waals surface area contributed by atoms with E-state index in [-0.39, 0.29) is 6.10 Å². The molecule has 1 aromatic carbocycles. The second-order valence-corrected chi connectivity index (χ2v) is 6.63. The zero-order chi connectivity index (χ0) is 14.8. The van der Waals surface area contributed by atoms with Crippen LogP contribution < -0.4 is 5.73 Å². The average Bonchev–Trinajstić information content (AvgIpc) is 2.90. The van der Waals surface area contributed by atoms with Crippen LogP contribution in [0.2, 0.25) is 0 Å². The fourth-order valence-electron chi connectivity index (χ4n) is 2.53. The number of aromatic nitrogens is 2. The number of H-pyrrole nitrogens is 1. The van der Waals surface area contributed by atoms with Gasteiger partial charge in [0.15, 0.2) is 5.16 Å². The van der Waals surface area contributed by atoms with E-state index in [1.807, 2.05) is 6.07 Å². The van der Waals surface area contributed by atoms with Gasteiger partial charge in [0.1, 0.15) is 0 Å². The van der Waals surface area contributed by atoms with Crippen LogP contribution in [0.25, 0.3) is 11.0 Å². The molecule has 1 aliphatic heterocycles. The van der Waals surface area contributed by atoms with Gasteiger partial charge in [0.2, 0.25) is 0 Å². The van der Waals surface area contributed by atoms with E-state index >= 15 is 0 Å². The molecule has 0 aliphatic carbocycles. The molecule has 0 spiro atoms. The number of rotatable bonds is 4. The minimum absolute atomic E-state index is 0.00202. The van der Waals surface area contributed by atoms with Crippen LogP contribution in [0, 0.1) is 0 Å². The van der Waals surface area contributed by atoms with Crippen molar-refractivity contribution >= 4 is 27.5 Å². The normalized spacial score (nSPS) is 21.7. The van der Waals surface area contributed by atoms with Crippen molar-refractivity contribution in [1.29, 1.82) is 0 Å². The predicted octanol–water partition coefficient (Wildman–Crippen LogP) is 0.973. The van der Waals surface area contributed by atoms with Crippen LogP contribution in [0.1, 0.15) is 6.92 Å². The minimum atomic E-state index is -1.20. The molecule has 1 aromatic heterocycles.